The fourth-order valence-corrected chi connectivity index (χ4v) is 4.90. The predicted molar refractivity (Wildman–Crippen MR) is 123 cm³/mol. The van der Waals surface area contributed by atoms with Crippen LogP contribution in [0.25, 0.3) is 0 Å². The van der Waals surface area contributed by atoms with Crippen LogP contribution in [0.5, 0.6) is 0 Å². The molecule has 1 aliphatic carbocycles. The van der Waals surface area contributed by atoms with E-state index in [1.54, 1.807) is 4.90 Å². The second-order valence-electron chi connectivity index (χ2n) is 9.57. The van der Waals surface area contributed by atoms with Gasteiger partial charge in [-0.3, -0.25) is 9.59 Å². The van der Waals surface area contributed by atoms with Crippen molar-refractivity contribution in [3.05, 3.63) is 35.4 Å². The maximum Gasteiger partial charge on any atom is 0.416 e. The van der Waals surface area contributed by atoms with E-state index < -0.39 is 23.2 Å². The van der Waals surface area contributed by atoms with Gasteiger partial charge in [0.05, 0.1) is 23.1 Å². The zero-order valence-corrected chi connectivity index (χ0v) is 19.8. The Bertz CT molecular complexity index is 815. The highest BCUT2D eigenvalue weighted by Crippen LogP contribution is 2.37. The molecule has 2 amide bonds. The minimum Gasteiger partial charge on any atom is -0.358 e. The van der Waals surface area contributed by atoms with E-state index in [2.05, 4.69) is 5.32 Å². The Labute approximate surface area is 199 Å². The maximum absolute atomic E-state index is 13.4. The van der Waals surface area contributed by atoms with E-state index in [9.17, 15) is 22.8 Å². The Balaban J connectivity index is 1.69. The molecule has 34 heavy (non-hydrogen) atoms. The normalized spacial score (nSPS) is 20.1. The second-order valence-corrected chi connectivity index (χ2v) is 9.57. The van der Waals surface area contributed by atoms with E-state index >= 15 is 0 Å². The molecule has 1 saturated carbocycles. The molecular formula is C25H36F3N3O3. The van der Waals surface area contributed by atoms with Crippen molar-refractivity contribution in [2.24, 2.45) is 11.1 Å². The van der Waals surface area contributed by atoms with Crippen molar-refractivity contribution in [2.75, 3.05) is 19.8 Å². The Morgan fingerprint density at radius 1 is 1.15 bits per heavy atom. The maximum atomic E-state index is 13.4. The van der Waals surface area contributed by atoms with Gasteiger partial charge in [0.1, 0.15) is 6.73 Å². The van der Waals surface area contributed by atoms with Crippen LogP contribution in [0.4, 0.5) is 13.2 Å². The SMILES string of the molecule is CC[C@H](N)C(=O)N1CCC(Cc2ccc(C(F)(F)F)cc2)(C(=O)NCOC2CCCCC2)CC1. The van der Waals surface area contributed by atoms with E-state index in [4.69, 9.17) is 10.5 Å². The predicted octanol–water partition coefficient (Wildman–Crippen LogP) is 4.02. The van der Waals surface area contributed by atoms with Crippen molar-refractivity contribution in [3.63, 3.8) is 0 Å². The van der Waals surface area contributed by atoms with Gasteiger partial charge in [0.25, 0.3) is 0 Å². The smallest absolute Gasteiger partial charge is 0.358 e. The molecule has 1 saturated heterocycles. The number of amides is 2. The van der Waals surface area contributed by atoms with E-state index in [1.165, 1.54) is 18.6 Å². The number of nitrogens with one attached hydrogen (secondary N) is 1. The standard InChI is InChI=1S/C25H36F3N3O3/c1-2-21(29)22(32)31-14-12-24(13-15-31,16-18-8-10-19(11-9-18)25(26,27)28)23(33)30-17-34-20-6-4-3-5-7-20/h8-11,20-21H,2-7,12-17,29H2,1H3,(H,30,33)/t21-/m0/s1. The molecule has 1 aliphatic heterocycles. The quantitative estimate of drug-likeness (QED) is 0.547. The summed E-state index contributed by atoms with van der Waals surface area (Å²) >= 11 is 0. The number of alkyl halides is 3. The third kappa shape index (κ3) is 6.72. The molecule has 9 heteroatoms. The molecule has 2 aliphatic rings. The van der Waals surface area contributed by atoms with Crippen LogP contribution in [0.1, 0.15) is 69.4 Å². The lowest BCUT2D eigenvalue weighted by Gasteiger charge is -2.41. The van der Waals surface area contributed by atoms with Gasteiger partial charge in [-0.25, -0.2) is 0 Å². The number of hydrogen-bond donors (Lipinski definition) is 2. The number of likely N-dealkylation sites (tertiary alicyclic amines) is 1. The molecule has 6 nitrogen and oxygen atoms in total. The number of nitrogens with zero attached hydrogens (tertiary/aromatic N) is 1. The van der Waals surface area contributed by atoms with Crippen LogP contribution in [0.15, 0.2) is 24.3 Å². The summed E-state index contributed by atoms with van der Waals surface area (Å²) in [4.78, 5) is 27.6. The summed E-state index contributed by atoms with van der Waals surface area (Å²) in [6.45, 7) is 2.72. The molecule has 1 heterocycles. The Hall–Kier alpha value is -2.13. The number of carbonyl (C=O) groups is 2. The van der Waals surface area contributed by atoms with Crippen LogP contribution < -0.4 is 11.1 Å². The van der Waals surface area contributed by atoms with Gasteiger partial charge in [0.2, 0.25) is 11.8 Å². The number of hydrogen-bond acceptors (Lipinski definition) is 4. The Morgan fingerprint density at radius 2 is 1.76 bits per heavy atom. The molecule has 2 fully saturated rings. The molecule has 1 aromatic carbocycles. The summed E-state index contributed by atoms with van der Waals surface area (Å²) < 4.78 is 44.7. The van der Waals surface area contributed by atoms with Crippen LogP contribution in [0.2, 0.25) is 0 Å². The highest BCUT2D eigenvalue weighted by Gasteiger charge is 2.43. The Kier molecular flexibility index (Phi) is 8.98. The monoisotopic (exact) mass is 483 g/mol. The van der Waals surface area contributed by atoms with E-state index in [1.807, 2.05) is 6.92 Å². The van der Waals surface area contributed by atoms with Gasteiger partial charge < -0.3 is 20.7 Å². The topological polar surface area (TPSA) is 84.7 Å². The summed E-state index contributed by atoms with van der Waals surface area (Å²) in [6, 6.07) is 4.39. The first kappa shape index (κ1) is 26.5. The molecule has 1 aromatic rings. The molecule has 3 rings (SSSR count). The van der Waals surface area contributed by atoms with Crippen molar-refractivity contribution >= 4 is 11.8 Å². The number of rotatable bonds is 8. The second kappa shape index (κ2) is 11.5. The highest BCUT2D eigenvalue weighted by molar-refractivity contribution is 5.85. The summed E-state index contributed by atoms with van der Waals surface area (Å²) in [5.74, 6) is -0.318. The van der Waals surface area contributed by atoms with Gasteiger partial charge in [-0.2, -0.15) is 13.2 Å². The largest absolute Gasteiger partial charge is 0.416 e. The van der Waals surface area contributed by atoms with Crippen LogP contribution in [-0.4, -0.2) is 48.7 Å². The summed E-state index contributed by atoms with van der Waals surface area (Å²) in [5.41, 5.74) is 5.01. The van der Waals surface area contributed by atoms with Gasteiger partial charge >= 0.3 is 6.18 Å². The van der Waals surface area contributed by atoms with Gasteiger partial charge in [-0.15, -0.1) is 0 Å². The first-order chi connectivity index (χ1) is 16.1. The van der Waals surface area contributed by atoms with Gasteiger partial charge in [0.15, 0.2) is 0 Å². The first-order valence-corrected chi connectivity index (χ1v) is 12.2. The third-order valence-corrected chi connectivity index (χ3v) is 7.20. The molecule has 190 valence electrons. The lowest BCUT2D eigenvalue weighted by atomic mass is 9.72. The molecule has 1 atom stereocenters. The van der Waals surface area contributed by atoms with Crippen molar-refractivity contribution in [1.82, 2.24) is 10.2 Å². The van der Waals surface area contributed by atoms with Crippen LogP contribution in [-0.2, 0) is 26.9 Å². The van der Waals surface area contributed by atoms with E-state index in [0.29, 0.717) is 44.3 Å². The zero-order valence-electron chi connectivity index (χ0n) is 19.8. The number of ether oxygens (including phenoxy) is 1. The molecule has 3 N–H and O–H groups in total. The van der Waals surface area contributed by atoms with Crippen LogP contribution in [0.3, 0.4) is 0 Å². The number of carbonyl (C=O) groups excluding carboxylic acids is 2. The average molecular weight is 484 g/mol. The number of halogens is 3. The van der Waals surface area contributed by atoms with Gasteiger partial charge in [0, 0.05) is 13.1 Å². The Morgan fingerprint density at radius 3 is 2.32 bits per heavy atom. The van der Waals surface area contributed by atoms with Gasteiger partial charge in [-0.05, 0) is 56.2 Å². The third-order valence-electron chi connectivity index (χ3n) is 7.20. The number of nitrogens with two attached hydrogens (primary N) is 1. The summed E-state index contributed by atoms with van der Waals surface area (Å²) in [5, 5.41) is 2.91. The van der Waals surface area contributed by atoms with Crippen molar-refractivity contribution < 1.29 is 27.5 Å². The summed E-state index contributed by atoms with van der Waals surface area (Å²) in [6.07, 6.45) is 2.82. The van der Waals surface area contributed by atoms with Crippen molar-refractivity contribution in [3.8, 4) is 0 Å². The number of benzene rings is 1. The lowest BCUT2D eigenvalue weighted by Crippen LogP contribution is -2.54. The highest BCUT2D eigenvalue weighted by atomic mass is 19.4. The van der Waals surface area contributed by atoms with Crippen molar-refractivity contribution in [1.29, 1.82) is 0 Å². The molecule has 0 spiro atoms. The zero-order chi connectivity index (χ0) is 24.8. The van der Waals surface area contributed by atoms with Crippen LogP contribution in [0, 0.1) is 5.41 Å². The average Bonchev–Trinajstić information content (AvgIpc) is 2.84. The van der Waals surface area contributed by atoms with Crippen LogP contribution >= 0.6 is 0 Å². The van der Waals surface area contributed by atoms with Gasteiger partial charge in [-0.1, -0.05) is 38.3 Å². The molecular weight excluding hydrogens is 447 g/mol. The fraction of sp³-hybridized carbons (Fsp3) is 0.680. The fourth-order valence-electron chi connectivity index (χ4n) is 4.90. The molecule has 0 radical (unpaired) electrons. The minimum atomic E-state index is -4.41. The molecule has 0 aromatic heterocycles. The molecule has 0 bridgehead atoms. The minimum absolute atomic E-state index is 0.113. The lowest BCUT2D eigenvalue weighted by molar-refractivity contribution is -0.142. The number of piperidine rings is 1. The van der Waals surface area contributed by atoms with E-state index in [0.717, 1.165) is 37.8 Å². The summed E-state index contributed by atoms with van der Waals surface area (Å²) in [7, 11) is 0. The van der Waals surface area contributed by atoms with Crippen molar-refractivity contribution in [2.45, 2.75) is 83.0 Å². The first-order valence-electron chi connectivity index (χ1n) is 12.2. The molecule has 0 unspecified atom stereocenters. The van der Waals surface area contributed by atoms with E-state index in [-0.39, 0.29) is 24.6 Å².